The van der Waals surface area contributed by atoms with Crippen LogP contribution >= 0.6 is 0 Å². The van der Waals surface area contributed by atoms with E-state index < -0.39 is 11.9 Å². The first-order valence-corrected chi connectivity index (χ1v) is 12.3. The van der Waals surface area contributed by atoms with Gasteiger partial charge in [0.05, 0.1) is 23.1 Å². The maximum Gasteiger partial charge on any atom is 0.333 e. The summed E-state index contributed by atoms with van der Waals surface area (Å²) in [5.74, 6) is -0.811. The Hall–Kier alpha value is -4.26. The number of pyridine rings is 2. The number of aryl methyl sites for hydroxylation is 1. The minimum Gasteiger partial charge on any atom is -0.507 e. The van der Waals surface area contributed by atoms with E-state index in [2.05, 4.69) is 18.5 Å². The van der Waals surface area contributed by atoms with Gasteiger partial charge in [0.2, 0.25) is 0 Å². The summed E-state index contributed by atoms with van der Waals surface area (Å²) in [4.78, 5) is 33.4. The molecule has 2 aromatic carbocycles. The molecule has 4 aromatic rings. The highest BCUT2D eigenvalue weighted by atomic mass is 16.6. The number of phenolic OH excluding ortho intramolecular Hbond substituents is 1. The van der Waals surface area contributed by atoms with E-state index in [4.69, 9.17) is 14.5 Å². The van der Waals surface area contributed by atoms with E-state index >= 15 is 0 Å². The van der Waals surface area contributed by atoms with Crippen molar-refractivity contribution in [1.82, 2.24) is 9.97 Å². The Balaban J connectivity index is 1.62. The van der Waals surface area contributed by atoms with Crippen molar-refractivity contribution < 1.29 is 24.2 Å². The van der Waals surface area contributed by atoms with Crippen molar-refractivity contribution in [2.75, 3.05) is 13.2 Å². The zero-order valence-corrected chi connectivity index (χ0v) is 21.1. The molecule has 0 bridgehead atoms. The molecule has 0 atom stereocenters. The topological polar surface area (TPSA) is 98.6 Å². The molecule has 0 saturated heterocycles. The van der Waals surface area contributed by atoms with Crippen LogP contribution in [0.3, 0.4) is 0 Å². The van der Waals surface area contributed by atoms with Crippen molar-refractivity contribution >= 4 is 33.7 Å². The second-order valence-electron chi connectivity index (χ2n) is 8.98. The van der Waals surface area contributed by atoms with Gasteiger partial charge in [-0.1, -0.05) is 50.3 Å². The smallest absolute Gasteiger partial charge is 0.333 e. The largest absolute Gasteiger partial charge is 0.507 e. The zero-order valence-electron chi connectivity index (χ0n) is 21.1. The number of phenols is 1. The third-order valence-electron chi connectivity index (χ3n) is 6.03. The van der Waals surface area contributed by atoms with Crippen LogP contribution in [0, 0.1) is 0 Å². The Morgan fingerprint density at radius 1 is 1.00 bits per heavy atom. The van der Waals surface area contributed by atoms with E-state index in [-0.39, 0.29) is 31.0 Å². The van der Waals surface area contributed by atoms with Crippen LogP contribution in [0.1, 0.15) is 37.8 Å². The number of carbonyl (C=O) groups is 2. The standard InChI is InChI=1S/C30H30N2O5/c1-4-5-7-23-16-20(18-26(33)36-14-15-37-30(35)19(2)3)17-24(29(23)34)25-12-11-22-10-9-21-8-6-13-31-27(21)28(22)32-25/h6,8-13,16-17,34H,2,4-5,7,14-15,18H2,1,3H3. The maximum atomic E-state index is 12.5. The highest BCUT2D eigenvalue weighted by Crippen LogP contribution is 2.35. The number of rotatable bonds is 10. The first-order valence-electron chi connectivity index (χ1n) is 12.3. The number of ether oxygens (including phenoxy) is 2. The molecule has 0 saturated carbocycles. The van der Waals surface area contributed by atoms with E-state index in [0.717, 1.165) is 40.2 Å². The van der Waals surface area contributed by atoms with Crippen molar-refractivity contribution in [3.8, 4) is 17.0 Å². The van der Waals surface area contributed by atoms with Gasteiger partial charge in [-0.3, -0.25) is 9.78 Å². The number of aromatic nitrogens is 2. The van der Waals surface area contributed by atoms with E-state index in [1.54, 1.807) is 19.2 Å². The molecule has 0 fully saturated rings. The van der Waals surface area contributed by atoms with Gasteiger partial charge in [0.15, 0.2) is 0 Å². The molecule has 0 aliphatic heterocycles. The fraction of sp³-hybridized carbons (Fsp3) is 0.267. The molecule has 0 amide bonds. The SMILES string of the molecule is C=C(C)C(=O)OCCOC(=O)Cc1cc(CCCC)c(O)c(-c2ccc3ccc4cccnc4c3n2)c1. The minimum atomic E-state index is -0.523. The molecule has 0 aliphatic rings. The van der Waals surface area contributed by atoms with Crippen LogP contribution in [0.25, 0.3) is 33.1 Å². The first-order chi connectivity index (χ1) is 17.9. The lowest BCUT2D eigenvalue weighted by molar-refractivity contribution is -0.149. The summed E-state index contributed by atoms with van der Waals surface area (Å²) in [5, 5.41) is 13.1. The minimum absolute atomic E-state index is 0.0128. The molecule has 1 N–H and O–H groups in total. The van der Waals surface area contributed by atoms with Crippen LogP contribution in [-0.4, -0.2) is 40.2 Å². The van der Waals surface area contributed by atoms with Crippen molar-refractivity contribution in [3.05, 3.63) is 78.0 Å². The van der Waals surface area contributed by atoms with Gasteiger partial charge in [0.1, 0.15) is 19.0 Å². The first kappa shape index (κ1) is 25.8. The number of benzene rings is 2. The molecule has 0 aliphatic carbocycles. The van der Waals surface area contributed by atoms with Gasteiger partial charge in [-0.25, -0.2) is 9.78 Å². The number of hydrogen-bond acceptors (Lipinski definition) is 7. The average Bonchev–Trinajstić information content (AvgIpc) is 2.90. The molecule has 7 heteroatoms. The van der Waals surface area contributed by atoms with Gasteiger partial charge in [0.25, 0.3) is 0 Å². The third-order valence-corrected chi connectivity index (χ3v) is 6.03. The van der Waals surface area contributed by atoms with E-state index in [0.29, 0.717) is 23.2 Å². The van der Waals surface area contributed by atoms with Gasteiger partial charge in [-0.05, 0) is 49.1 Å². The monoisotopic (exact) mass is 498 g/mol. The fourth-order valence-corrected chi connectivity index (χ4v) is 4.12. The van der Waals surface area contributed by atoms with Crippen LogP contribution in [0.4, 0.5) is 0 Å². The number of nitrogens with zero attached hydrogens (tertiary/aromatic N) is 2. The van der Waals surface area contributed by atoms with E-state index in [1.807, 2.05) is 42.5 Å². The second-order valence-corrected chi connectivity index (χ2v) is 8.98. The molecule has 0 unspecified atom stereocenters. The number of hydrogen-bond donors (Lipinski definition) is 1. The molecule has 4 rings (SSSR count). The third kappa shape index (κ3) is 6.12. The molecule has 37 heavy (non-hydrogen) atoms. The molecular weight excluding hydrogens is 468 g/mol. The van der Waals surface area contributed by atoms with Crippen LogP contribution in [0.5, 0.6) is 5.75 Å². The van der Waals surface area contributed by atoms with Crippen LogP contribution in [0.2, 0.25) is 0 Å². The van der Waals surface area contributed by atoms with Gasteiger partial charge >= 0.3 is 11.9 Å². The van der Waals surface area contributed by atoms with Crippen molar-refractivity contribution in [2.24, 2.45) is 0 Å². The zero-order chi connectivity index (χ0) is 26.4. The number of unbranched alkanes of at least 4 members (excludes halogenated alkanes) is 1. The summed E-state index contributed by atoms with van der Waals surface area (Å²) >= 11 is 0. The maximum absolute atomic E-state index is 12.5. The molecular formula is C30H30N2O5. The van der Waals surface area contributed by atoms with E-state index in [1.165, 1.54) is 0 Å². The lowest BCUT2D eigenvalue weighted by Crippen LogP contribution is -2.15. The summed E-state index contributed by atoms with van der Waals surface area (Å²) in [5.41, 5.74) is 4.45. The Morgan fingerprint density at radius 3 is 2.49 bits per heavy atom. The fourth-order valence-electron chi connectivity index (χ4n) is 4.12. The molecule has 0 radical (unpaired) electrons. The Labute approximate surface area is 215 Å². The number of esters is 2. The molecule has 2 heterocycles. The lowest BCUT2D eigenvalue weighted by atomic mass is 9.96. The molecule has 2 aromatic heterocycles. The second kappa shape index (κ2) is 11.6. The molecule has 7 nitrogen and oxygen atoms in total. The van der Waals surface area contributed by atoms with Crippen LogP contribution < -0.4 is 0 Å². The summed E-state index contributed by atoms with van der Waals surface area (Å²) in [6, 6.07) is 15.3. The summed E-state index contributed by atoms with van der Waals surface area (Å²) in [7, 11) is 0. The van der Waals surface area contributed by atoms with Gasteiger partial charge < -0.3 is 14.6 Å². The van der Waals surface area contributed by atoms with Crippen LogP contribution in [-0.2, 0) is 31.9 Å². The number of aromatic hydroxyl groups is 1. The highest BCUT2D eigenvalue weighted by Gasteiger charge is 2.16. The number of fused-ring (bicyclic) bond motifs is 3. The Morgan fingerprint density at radius 2 is 1.73 bits per heavy atom. The summed E-state index contributed by atoms with van der Waals surface area (Å²) in [6.07, 6.45) is 4.29. The predicted molar refractivity (Wildman–Crippen MR) is 143 cm³/mol. The Kier molecular flexibility index (Phi) is 8.13. The van der Waals surface area contributed by atoms with Gasteiger partial charge in [-0.2, -0.15) is 0 Å². The van der Waals surface area contributed by atoms with Gasteiger partial charge in [-0.15, -0.1) is 0 Å². The summed E-state index contributed by atoms with van der Waals surface area (Å²) in [6.45, 7) is 7.07. The average molecular weight is 499 g/mol. The normalized spacial score (nSPS) is 11.0. The summed E-state index contributed by atoms with van der Waals surface area (Å²) < 4.78 is 10.2. The van der Waals surface area contributed by atoms with Crippen molar-refractivity contribution in [1.29, 1.82) is 0 Å². The van der Waals surface area contributed by atoms with E-state index in [9.17, 15) is 14.7 Å². The quantitative estimate of drug-likeness (QED) is 0.130. The van der Waals surface area contributed by atoms with Crippen molar-refractivity contribution in [3.63, 3.8) is 0 Å². The predicted octanol–water partition coefficient (Wildman–Crippen LogP) is 5.70. The van der Waals surface area contributed by atoms with Crippen molar-refractivity contribution in [2.45, 2.75) is 39.5 Å². The lowest BCUT2D eigenvalue weighted by Gasteiger charge is -2.14. The van der Waals surface area contributed by atoms with Gasteiger partial charge in [0, 0.05) is 28.1 Å². The number of carbonyl (C=O) groups excluding carboxylic acids is 2. The Bertz CT molecular complexity index is 1480. The molecule has 190 valence electrons. The van der Waals surface area contributed by atoms with Crippen LogP contribution in [0.15, 0.2) is 66.9 Å². The highest BCUT2D eigenvalue weighted by molar-refractivity contribution is 6.03. The molecule has 0 spiro atoms.